The Balaban J connectivity index is 2.08. The van der Waals surface area contributed by atoms with E-state index in [4.69, 9.17) is 28.3 Å². The molecule has 3 aromatic rings. The largest absolute Gasteiger partial charge is 0.396 e. The van der Waals surface area contributed by atoms with Crippen molar-refractivity contribution in [2.45, 2.75) is 19.4 Å². The first-order chi connectivity index (χ1) is 10.7. The lowest BCUT2D eigenvalue weighted by Crippen LogP contribution is -2.07. The van der Waals surface area contributed by atoms with Gasteiger partial charge in [-0.15, -0.1) is 0 Å². The Morgan fingerprint density at radius 1 is 1.00 bits per heavy atom. The molecule has 0 fully saturated rings. The molecular formula is C17H16Cl2N2O. The monoisotopic (exact) mass is 334 g/mol. The Kier molecular flexibility index (Phi) is 4.67. The molecular weight excluding hydrogens is 319 g/mol. The lowest BCUT2D eigenvalue weighted by atomic mass is 10.2. The predicted molar refractivity (Wildman–Crippen MR) is 90.7 cm³/mol. The highest BCUT2D eigenvalue weighted by Crippen LogP contribution is 2.27. The molecule has 5 heteroatoms. The van der Waals surface area contributed by atoms with Gasteiger partial charge in [0.1, 0.15) is 5.82 Å². The maximum atomic E-state index is 9.09. The summed E-state index contributed by atoms with van der Waals surface area (Å²) in [5.41, 5.74) is 2.88. The normalized spacial score (nSPS) is 11.2. The van der Waals surface area contributed by atoms with Crippen LogP contribution in [0.25, 0.3) is 11.0 Å². The Labute approximate surface area is 139 Å². The molecule has 0 radical (unpaired) electrons. The van der Waals surface area contributed by atoms with Crippen LogP contribution in [0.3, 0.4) is 0 Å². The fraction of sp³-hybridized carbons (Fsp3) is 0.235. The van der Waals surface area contributed by atoms with E-state index < -0.39 is 0 Å². The fourth-order valence-corrected chi connectivity index (χ4v) is 3.09. The SMILES string of the molecule is OCCCc1nc2ccccc2n1Cc1c(Cl)cccc1Cl. The number of halogens is 2. The standard InChI is InChI=1S/C17H16Cl2N2O/c18-13-5-3-6-14(19)12(13)11-21-16-8-2-1-7-15(16)20-17(21)9-4-10-22/h1-3,5-8,22H,4,9-11H2. The third-order valence-electron chi connectivity index (χ3n) is 3.67. The van der Waals surface area contributed by atoms with E-state index >= 15 is 0 Å². The lowest BCUT2D eigenvalue weighted by molar-refractivity contribution is 0.287. The van der Waals surface area contributed by atoms with Crippen LogP contribution in [0.2, 0.25) is 10.0 Å². The van der Waals surface area contributed by atoms with Gasteiger partial charge in [0.2, 0.25) is 0 Å². The molecule has 3 rings (SSSR count). The molecule has 0 saturated carbocycles. The van der Waals surface area contributed by atoms with Gasteiger partial charge < -0.3 is 9.67 Å². The maximum Gasteiger partial charge on any atom is 0.110 e. The molecule has 0 atom stereocenters. The van der Waals surface area contributed by atoms with E-state index in [-0.39, 0.29) is 6.61 Å². The fourth-order valence-electron chi connectivity index (χ4n) is 2.57. The molecule has 0 saturated heterocycles. The van der Waals surface area contributed by atoms with Crippen molar-refractivity contribution in [2.75, 3.05) is 6.61 Å². The van der Waals surface area contributed by atoms with Crippen LogP contribution in [0.15, 0.2) is 42.5 Å². The average Bonchev–Trinajstić information content (AvgIpc) is 2.86. The van der Waals surface area contributed by atoms with Gasteiger partial charge >= 0.3 is 0 Å². The second-order valence-electron chi connectivity index (χ2n) is 5.13. The van der Waals surface area contributed by atoms with Crippen molar-refractivity contribution in [3.63, 3.8) is 0 Å². The summed E-state index contributed by atoms with van der Waals surface area (Å²) < 4.78 is 2.12. The third-order valence-corrected chi connectivity index (χ3v) is 4.38. The molecule has 22 heavy (non-hydrogen) atoms. The number of imidazole rings is 1. The van der Waals surface area contributed by atoms with Crippen LogP contribution in [-0.2, 0) is 13.0 Å². The highest BCUT2D eigenvalue weighted by atomic mass is 35.5. The molecule has 1 heterocycles. The summed E-state index contributed by atoms with van der Waals surface area (Å²) in [6, 6.07) is 13.5. The zero-order valence-corrected chi connectivity index (χ0v) is 13.5. The highest BCUT2D eigenvalue weighted by molar-refractivity contribution is 6.36. The lowest BCUT2D eigenvalue weighted by Gasteiger charge is -2.12. The summed E-state index contributed by atoms with van der Waals surface area (Å²) in [5, 5.41) is 10.4. The van der Waals surface area contributed by atoms with Crippen molar-refractivity contribution < 1.29 is 5.11 Å². The molecule has 0 amide bonds. The van der Waals surface area contributed by atoms with E-state index in [1.807, 2.05) is 42.5 Å². The molecule has 1 N–H and O–H groups in total. The summed E-state index contributed by atoms with van der Waals surface area (Å²) in [6.07, 6.45) is 1.40. The van der Waals surface area contributed by atoms with Crippen LogP contribution in [0, 0.1) is 0 Å². The second kappa shape index (κ2) is 6.69. The topological polar surface area (TPSA) is 38.1 Å². The number of rotatable bonds is 5. The van der Waals surface area contributed by atoms with Crippen molar-refractivity contribution in [3.05, 3.63) is 63.9 Å². The molecule has 0 bridgehead atoms. The number of hydrogen-bond donors (Lipinski definition) is 1. The summed E-state index contributed by atoms with van der Waals surface area (Å²) >= 11 is 12.6. The van der Waals surface area contributed by atoms with Crippen LogP contribution >= 0.6 is 23.2 Å². The Bertz CT molecular complexity index is 778. The van der Waals surface area contributed by atoms with Crippen molar-refractivity contribution in [1.82, 2.24) is 9.55 Å². The number of aliphatic hydroxyl groups is 1. The zero-order valence-electron chi connectivity index (χ0n) is 12.0. The van der Waals surface area contributed by atoms with Gasteiger partial charge in [-0.3, -0.25) is 0 Å². The molecule has 0 unspecified atom stereocenters. The molecule has 1 aromatic heterocycles. The quantitative estimate of drug-likeness (QED) is 0.754. The number of fused-ring (bicyclic) bond motifs is 1. The van der Waals surface area contributed by atoms with E-state index in [0.717, 1.165) is 22.4 Å². The van der Waals surface area contributed by atoms with Gasteiger partial charge in [0.05, 0.1) is 17.6 Å². The first-order valence-electron chi connectivity index (χ1n) is 7.18. The molecule has 2 aromatic carbocycles. The Hall–Kier alpha value is -1.55. The predicted octanol–water partition coefficient (Wildman–Crippen LogP) is 4.32. The third kappa shape index (κ3) is 2.98. The van der Waals surface area contributed by atoms with E-state index in [1.54, 1.807) is 0 Å². The van der Waals surface area contributed by atoms with Crippen molar-refractivity contribution in [1.29, 1.82) is 0 Å². The molecule has 0 spiro atoms. The van der Waals surface area contributed by atoms with E-state index in [9.17, 15) is 0 Å². The molecule has 0 aliphatic heterocycles. The van der Waals surface area contributed by atoms with Crippen LogP contribution in [-0.4, -0.2) is 21.3 Å². The van der Waals surface area contributed by atoms with Gasteiger partial charge in [-0.1, -0.05) is 41.4 Å². The van der Waals surface area contributed by atoms with E-state index in [1.165, 1.54) is 0 Å². The van der Waals surface area contributed by atoms with Crippen LogP contribution < -0.4 is 0 Å². The smallest absolute Gasteiger partial charge is 0.110 e. The van der Waals surface area contributed by atoms with Crippen molar-refractivity contribution in [2.24, 2.45) is 0 Å². The molecule has 0 aliphatic rings. The number of aliphatic hydroxyl groups excluding tert-OH is 1. The van der Waals surface area contributed by atoms with Gasteiger partial charge in [-0.2, -0.15) is 0 Å². The van der Waals surface area contributed by atoms with Gasteiger partial charge in [0, 0.05) is 28.6 Å². The van der Waals surface area contributed by atoms with E-state index in [0.29, 0.717) is 29.4 Å². The van der Waals surface area contributed by atoms with Crippen LogP contribution in [0.5, 0.6) is 0 Å². The minimum Gasteiger partial charge on any atom is -0.396 e. The first kappa shape index (κ1) is 15.3. The summed E-state index contributed by atoms with van der Waals surface area (Å²) in [7, 11) is 0. The summed E-state index contributed by atoms with van der Waals surface area (Å²) in [6.45, 7) is 0.718. The Morgan fingerprint density at radius 3 is 2.45 bits per heavy atom. The second-order valence-corrected chi connectivity index (χ2v) is 5.94. The zero-order chi connectivity index (χ0) is 15.5. The van der Waals surface area contributed by atoms with Gasteiger partial charge in [-0.25, -0.2) is 4.98 Å². The average molecular weight is 335 g/mol. The van der Waals surface area contributed by atoms with Crippen LogP contribution in [0.1, 0.15) is 17.8 Å². The molecule has 3 nitrogen and oxygen atoms in total. The number of aryl methyl sites for hydroxylation is 1. The molecule has 114 valence electrons. The highest BCUT2D eigenvalue weighted by Gasteiger charge is 2.13. The van der Waals surface area contributed by atoms with Crippen molar-refractivity contribution in [3.8, 4) is 0 Å². The number of para-hydroxylation sites is 2. The maximum absolute atomic E-state index is 9.09. The Morgan fingerprint density at radius 2 is 1.73 bits per heavy atom. The van der Waals surface area contributed by atoms with Gasteiger partial charge in [0.15, 0.2) is 0 Å². The van der Waals surface area contributed by atoms with Gasteiger partial charge in [0.25, 0.3) is 0 Å². The van der Waals surface area contributed by atoms with Gasteiger partial charge in [-0.05, 0) is 30.7 Å². The summed E-state index contributed by atoms with van der Waals surface area (Å²) in [4.78, 5) is 4.67. The summed E-state index contributed by atoms with van der Waals surface area (Å²) in [5.74, 6) is 0.936. The minimum atomic E-state index is 0.149. The minimum absolute atomic E-state index is 0.149. The number of hydrogen-bond acceptors (Lipinski definition) is 2. The first-order valence-corrected chi connectivity index (χ1v) is 7.94. The number of benzene rings is 2. The van der Waals surface area contributed by atoms with Crippen molar-refractivity contribution >= 4 is 34.2 Å². The molecule has 0 aliphatic carbocycles. The van der Waals surface area contributed by atoms with E-state index in [2.05, 4.69) is 9.55 Å². The number of aromatic nitrogens is 2. The van der Waals surface area contributed by atoms with Crippen LogP contribution in [0.4, 0.5) is 0 Å². The number of nitrogens with zero attached hydrogens (tertiary/aromatic N) is 2.